The standard InChI is InChI=1S/C8H15Cl2N/c1-5(6(2)9)8(11-4)7(3)10/h5-6,11H,1-4H3/b8-7+/t5-,6?/m1/s1. The van der Waals surface area contributed by atoms with Crippen LogP contribution in [0.2, 0.25) is 0 Å². The van der Waals surface area contributed by atoms with Crippen LogP contribution in [-0.4, -0.2) is 12.4 Å². The fourth-order valence-electron chi connectivity index (χ4n) is 0.943. The lowest BCUT2D eigenvalue weighted by Crippen LogP contribution is -2.20. The van der Waals surface area contributed by atoms with Gasteiger partial charge in [0.15, 0.2) is 0 Å². The number of nitrogens with one attached hydrogen (secondary N) is 1. The van der Waals surface area contributed by atoms with Gasteiger partial charge in [-0.15, -0.1) is 11.6 Å². The average molecular weight is 196 g/mol. The summed E-state index contributed by atoms with van der Waals surface area (Å²) in [5, 5.41) is 3.93. The summed E-state index contributed by atoms with van der Waals surface area (Å²) in [7, 11) is 1.86. The van der Waals surface area contributed by atoms with E-state index >= 15 is 0 Å². The molecule has 0 aromatic heterocycles. The summed E-state index contributed by atoms with van der Waals surface area (Å²) in [5.74, 6) is 0.277. The van der Waals surface area contributed by atoms with E-state index in [9.17, 15) is 0 Å². The molecule has 0 saturated carbocycles. The molecular weight excluding hydrogens is 181 g/mol. The Hall–Kier alpha value is 0.120. The van der Waals surface area contributed by atoms with Crippen molar-refractivity contribution in [3.05, 3.63) is 10.7 Å². The summed E-state index contributed by atoms with van der Waals surface area (Å²) < 4.78 is 0. The van der Waals surface area contributed by atoms with Crippen molar-refractivity contribution in [2.24, 2.45) is 5.92 Å². The van der Waals surface area contributed by atoms with Crippen LogP contribution in [-0.2, 0) is 0 Å². The maximum Gasteiger partial charge on any atom is 0.0388 e. The Morgan fingerprint density at radius 2 is 1.82 bits per heavy atom. The maximum atomic E-state index is 5.91. The molecule has 2 atom stereocenters. The molecule has 0 bridgehead atoms. The first-order valence-corrected chi connectivity index (χ1v) is 4.50. The topological polar surface area (TPSA) is 12.0 Å². The quantitative estimate of drug-likeness (QED) is 0.684. The molecule has 0 rings (SSSR count). The molecule has 66 valence electrons. The number of hydrogen-bond acceptors (Lipinski definition) is 1. The molecule has 0 aromatic carbocycles. The van der Waals surface area contributed by atoms with Crippen molar-refractivity contribution in [2.75, 3.05) is 7.05 Å². The van der Waals surface area contributed by atoms with E-state index in [4.69, 9.17) is 23.2 Å². The fourth-order valence-corrected chi connectivity index (χ4v) is 1.34. The number of allylic oxidation sites excluding steroid dienone is 2. The van der Waals surface area contributed by atoms with E-state index in [2.05, 4.69) is 12.2 Å². The molecule has 0 aromatic rings. The van der Waals surface area contributed by atoms with E-state index in [-0.39, 0.29) is 11.3 Å². The molecule has 11 heavy (non-hydrogen) atoms. The lowest BCUT2D eigenvalue weighted by atomic mass is 10.0. The number of hydrogen-bond donors (Lipinski definition) is 1. The lowest BCUT2D eigenvalue weighted by Gasteiger charge is -2.18. The van der Waals surface area contributed by atoms with E-state index in [0.29, 0.717) is 0 Å². The van der Waals surface area contributed by atoms with Crippen molar-refractivity contribution in [3.63, 3.8) is 0 Å². The second kappa shape index (κ2) is 4.89. The SMILES string of the molecule is CN/C(=C(\C)Cl)[C@H](C)C(C)Cl. The Labute approximate surface area is 78.8 Å². The van der Waals surface area contributed by atoms with Gasteiger partial charge in [0.2, 0.25) is 0 Å². The molecule has 0 heterocycles. The van der Waals surface area contributed by atoms with Crippen LogP contribution >= 0.6 is 23.2 Å². The zero-order valence-corrected chi connectivity index (χ0v) is 8.92. The van der Waals surface area contributed by atoms with Gasteiger partial charge in [-0.2, -0.15) is 0 Å². The Balaban J connectivity index is 4.40. The first kappa shape index (κ1) is 11.1. The molecule has 3 heteroatoms. The first-order valence-electron chi connectivity index (χ1n) is 3.68. The van der Waals surface area contributed by atoms with Gasteiger partial charge >= 0.3 is 0 Å². The van der Waals surface area contributed by atoms with Gasteiger partial charge in [0.25, 0.3) is 0 Å². The fraction of sp³-hybridized carbons (Fsp3) is 0.750. The predicted octanol–water partition coefficient (Wildman–Crippen LogP) is 2.94. The van der Waals surface area contributed by atoms with Crippen molar-refractivity contribution < 1.29 is 0 Å². The van der Waals surface area contributed by atoms with Gasteiger partial charge in [0.05, 0.1) is 0 Å². The van der Waals surface area contributed by atoms with Gasteiger partial charge < -0.3 is 5.32 Å². The van der Waals surface area contributed by atoms with Crippen molar-refractivity contribution in [1.29, 1.82) is 0 Å². The van der Waals surface area contributed by atoms with E-state index in [0.717, 1.165) is 10.7 Å². The monoisotopic (exact) mass is 195 g/mol. The van der Waals surface area contributed by atoms with Crippen LogP contribution in [0.25, 0.3) is 0 Å². The zero-order valence-electron chi connectivity index (χ0n) is 7.41. The molecule has 0 saturated heterocycles. The highest BCUT2D eigenvalue weighted by Gasteiger charge is 2.14. The summed E-state index contributed by atoms with van der Waals surface area (Å²) in [6, 6.07) is 0. The summed E-state index contributed by atoms with van der Waals surface area (Å²) >= 11 is 11.8. The molecule has 0 aliphatic carbocycles. The van der Waals surface area contributed by atoms with E-state index in [1.165, 1.54) is 0 Å². The zero-order chi connectivity index (χ0) is 9.02. The second-order valence-corrected chi connectivity index (χ2v) is 3.92. The minimum absolute atomic E-state index is 0.103. The highest BCUT2D eigenvalue weighted by molar-refractivity contribution is 6.29. The number of alkyl halides is 1. The van der Waals surface area contributed by atoms with Crippen LogP contribution in [0.4, 0.5) is 0 Å². The average Bonchev–Trinajstić information content (AvgIpc) is 1.88. The largest absolute Gasteiger partial charge is 0.390 e. The molecule has 1 nitrogen and oxygen atoms in total. The maximum absolute atomic E-state index is 5.91. The van der Waals surface area contributed by atoms with E-state index in [1.54, 1.807) is 0 Å². The minimum Gasteiger partial charge on any atom is -0.390 e. The highest BCUT2D eigenvalue weighted by Crippen LogP contribution is 2.21. The third-order valence-electron chi connectivity index (χ3n) is 1.78. The molecule has 0 aliphatic heterocycles. The van der Waals surface area contributed by atoms with Crippen LogP contribution in [0.3, 0.4) is 0 Å². The molecule has 0 amide bonds. The van der Waals surface area contributed by atoms with Gasteiger partial charge in [0.1, 0.15) is 0 Å². The molecule has 0 spiro atoms. The minimum atomic E-state index is 0.103. The Morgan fingerprint density at radius 1 is 1.36 bits per heavy atom. The molecule has 1 N–H and O–H groups in total. The van der Waals surface area contributed by atoms with Crippen LogP contribution < -0.4 is 5.32 Å². The van der Waals surface area contributed by atoms with Crippen LogP contribution in [0.1, 0.15) is 20.8 Å². The van der Waals surface area contributed by atoms with Crippen molar-refractivity contribution >= 4 is 23.2 Å². The van der Waals surface area contributed by atoms with Gasteiger partial charge in [-0.25, -0.2) is 0 Å². The summed E-state index contributed by atoms with van der Waals surface area (Å²) in [6.07, 6.45) is 0. The Bertz CT molecular complexity index is 148. The molecule has 0 aliphatic rings. The molecule has 0 radical (unpaired) electrons. The van der Waals surface area contributed by atoms with E-state index < -0.39 is 0 Å². The third kappa shape index (κ3) is 3.35. The summed E-state index contributed by atoms with van der Waals surface area (Å²) in [5.41, 5.74) is 1.02. The molecular formula is C8H15Cl2N. The van der Waals surface area contributed by atoms with Crippen LogP contribution in [0.15, 0.2) is 10.7 Å². The highest BCUT2D eigenvalue weighted by atomic mass is 35.5. The van der Waals surface area contributed by atoms with Gasteiger partial charge in [-0.1, -0.05) is 18.5 Å². The Morgan fingerprint density at radius 3 is 1.91 bits per heavy atom. The van der Waals surface area contributed by atoms with E-state index in [1.807, 2.05) is 20.9 Å². The van der Waals surface area contributed by atoms with Crippen molar-refractivity contribution in [3.8, 4) is 0 Å². The molecule has 1 unspecified atom stereocenters. The summed E-state index contributed by atoms with van der Waals surface area (Å²) in [6.45, 7) is 5.88. The van der Waals surface area contributed by atoms with Crippen molar-refractivity contribution in [1.82, 2.24) is 5.32 Å². The van der Waals surface area contributed by atoms with Crippen molar-refractivity contribution in [2.45, 2.75) is 26.1 Å². The van der Waals surface area contributed by atoms with Crippen LogP contribution in [0, 0.1) is 5.92 Å². The first-order chi connectivity index (χ1) is 5.00. The lowest BCUT2D eigenvalue weighted by molar-refractivity contribution is 0.616. The molecule has 0 fully saturated rings. The van der Waals surface area contributed by atoms with Crippen LogP contribution in [0.5, 0.6) is 0 Å². The van der Waals surface area contributed by atoms with Gasteiger partial charge in [-0.05, 0) is 13.8 Å². The predicted molar refractivity (Wildman–Crippen MR) is 52.1 cm³/mol. The number of rotatable bonds is 3. The van der Waals surface area contributed by atoms with Gasteiger partial charge in [0, 0.05) is 29.1 Å². The van der Waals surface area contributed by atoms with Gasteiger partial charge in [-0.3, -0.25) is 0 Å². The normalized spacial score (nSPS) is 18.7. The summed E-state index contributed by atoms with van der Waals surface area (Å²) in [4.78, 5) is 0. The Kier molecular flexibility index (Phi) is 4.94. The smallest absolute Gasteiger partial charge is 0.0388 e. The second-order valence-electron chi connectivity index (χ2n) is 2.66. The number of halogens is 2. The third-order valence-corrected chi connectivity index (χ3v) is 2.37.